The minimum Gasteiger partial charge on any atom is -0.492 e. The summed E-state index contributed by atoms with van der Waals surface area (Å²) >= 11 is 1.01. The SMILES string of the molecule is CC1(C(=O)O)CCN(c2nc(O)c(C(Cc3ccc(C(F)(F)F)cc3C(F)(F)F)=c3ccc4c(c3)C=NN=4)s2)CC1. The summed E-state index contributed by atoms with van der Waals surface area (Å²) in [5.74, 6) is -1.37. The molecule has 0 aliphatic carbocycles. The second-order valence-electron chi connectivity index (χ2n) is 10.1. The quantitative estimate of drug-likeness (QED) is 0.405. The summed E-state index contributed by atoms with van der Waals surface area (Å²) in [7, 11) is 0. The number of nitrogens with zero attached hydrogens (tertiary/aromatic N) is 4. The zero-order valence-corrected chi connectivity index (χ0v) is 22.2. The number of carbonyl (C=O) groups is 1. The maximum Gasteiger partial charge on any atom is 0.416 e. The van der Waals surface area contributed by atoms with Gasteiger partial charge in [-0.1, -0.05) is 23.5 Å². The summed E-state index contributed by atoms with van der Waals surface area (Å²) in [5.41, 5.74) is -3.39. The predicted molar refractivity (Wildman–Crippen MR) is 138 cm³/mol. The van der Waals surface area contributed by atoms with Gasteiger partial charge < -0.3 is 15.1 Å². The number of rotatable bonds is 5. The van der Waals surface area contributed by atoms with Gasteiger partial charge in [-0.3, -0.25) is 4.79 Å². The molecule has 1 fully saturated rings. The minimum atomic E-state index is -5.07. The minimum absolute atomic E-state index is 0.0896. The molecule has 1 aromatic heterocycles. The smallest absolute Gasteiger partial charge is 0.416 e. The molecule has 0 atom stereocenters. The number of thiazole rings is 1. The van der Waals surface area contributed by atoms with Crippen molar-refractivity contribution in [1.29, 1.82) is 0 Å². The number of hydrogen-bond donors (Lipinski definition) is 2. The summed E-state index contributed by atoms with van der Waals surface area (Å²) in [6.45, 7) is 2.31. The van der Waals surface area contributed by atoms with E-state index in [2.05, 4.69) is 15.2 Å². The molecule has 14 heteroatoms. The summed E-state index contributed by atoms with van der Waals surface area (Å²) in [5, 5.41) is 29.4. The zero-order valence-electron chi connectivity index (χ0n) is 21.3. The van der Waals surface area contributed by atoms with Gasteiger partial charge >= 0.3 is 18.3 Å². The fourth-order valence-electron chi connectivity index (χ4n) is 4.80. The van der Waals surface area contributed by atoms with E-state index in [1.807, 2.05) is 0 Å². The molecule has 1 saturated heterocycles. The van der Waals surface area contributed by atoms with E-state index in [1.165, 1.54) is 6.21 Å². The van der Waals surface area contributed by atoms with Crippen LogP contribution in [0.15, 0.2) is 46.6 Å². The average molecular weight is 597 g/mol. The van der Waals surface area contributed by atoms with Gasteiger partial charge in [0.15, 0.2) is 5.13 Å². The molecule has 3 heterocycles. The number of anilines is 1. The van der Waals surface area contributed by atoms with Crippen molar-refractivity contribution in [2.75, 3.05) is 18.0 Å². The first-order chi connectivity index (χ1) is 19.2. The first-order valence-electron chi connectivity index (χ1n) is 12.4. The summed E-state index contributed by atoms with van der Waals surface area (Å²) in [6.07, 6.45) is -8.40. The molecule has 2 aromatic carbocycles. The highest BCUT2D eigenvalue weighted by atomic mass is 32.1. The molecule has 2 N–H and O–H groups in total. The molecule has 0 saturated carbocycles. The normalized spacial score (nSPS) is 17.3. The molecule has 0 spiro atoms. The topological polar surface area (TPSA) is 98.4 Å². The van der Waals surface area contributed by atoms with Crippen LogP contribution in [-0.2, 0) is 23.6 Å². The third kappa shape index (κ3) is 5.65. The van der Waals surface area contributed by atoms with Crippen molar-refractivity contribution >= 4 is 34.2 Å². The molecule has 41 heavy (non-hydrogen) atoms. The Balaban J connectivity index is 1.61. The van der Waals surface area contributed by atoms with Gasteiger partial charge in [-0.05, 0) is 60.4 Å². The summed E-state index contributed by atoms with van der Waals surface area (Å²) in [6, 6.07) is 6.30. The van der Waals surface area contributed by atoms with Gasteiger partial charge in [-0.25, -0.2) is 0 Å². The van der Waals surface area contributed by atoms with Crippen LogP contribution in [0.4, 0.5) is 31.5 Å². The molecule has 5 rings (SSSR count). The van der Waals surface area contributed by atoms with Crippen LogP contribution in [0.5, 0.6) is 5.88 Å². The van der Waals surface area contributed by atoms with Gasteiger partial charge in [-0.2, -0.15) is 41.5 Å². The Kier molecular flexibility index (Phi) is 7.08. The van der Waals surface area contributed by atoms with Gasteiger partial charge in [-0.15, -0.1) is 0 Å². The molecule has 2 aliphatic rings. The lowest BCUT2D eigenvalue weighted by Gasteiger charge is -2.36. The Morgan fingerprint density at radius 2 is 1.76 bits per heavy atom. The molecule has 0 bridgehead atoms. The number of benzene rings is 2. The van der Waals surface area contributed by atoms with Crippen LogP contribution >= 0.6 is 11.3 Å². The Morgan fingerprint density at radius 1 is 1.05 bits per heavy atom. The number of aliphatic carboxylic acids is 1. The number of aromatic nitrogens is 1. The highest BCUT2D eigenvalue weighted by Crippen LogP contribution is 2.42. The molecule has 216 valence electrons. The van der Waals surface area contributed by atoms with Crippen molar-refractivity contribution in [1.82, 2.24) is 4.98 Å². The van der Waals surface area contributed by atoms with E-state index in [9.17, 15) is 41.4 Å². The zero-order chi connectivity index (χ0) is 29.7. The van der Waals surface area contributed by atoms with Gasteiger partial charge in [0.2, 0.25) is 5.88 Å². The maximum absolute atomic E-state index is 14.0. The largest absolute Gasteiger partial charge is 0.492 e. The molecule has 0 radical (unpaired) electrons. The van der Waals surface area contributed by atoms with Gasteiger partial charge in [0.05, 0.1) is 33.0 Å². The Morgan fingerprint density at radius 3 is 2.39 bits per heavy atom. The highest BCUT2D eigenvalue weighted by molar-refractivity contribution is 7.17. The van der Waals surface area contributed by atoms with Crippen LogP contribution in [0.1, 0.15) is 46.9 Å². The van der Waals surface area contributed by atoms with Crippen molar-refractivity contribution in [2.45, 2.75) is 38.5 Å². The summed E-state index contributed by atoms with van der Waals surface area (Å²) < 4.78 is 81.7. The van der Waals surface area contributed by atoms with E-state index < -0.39 is 52.7 Å². The Hall–Kier alpha value is -3.94. The predicted octanol–water partition coefficient (Wildman–Crippen LogP) is 4.99. The van der Waals surface area contributed by atoms with Crippen molar-refractivity contribution in [3.63, 3.8) is 0 Å². The Bertz CT molecular complexity index is 1670. The number of fused-ring (bicyclic) bond motifs is 1. The molecular formula is C27H22F6N4O3S. The average Bonchev–Trinajstić information content (AvgIpc) is 3.52. The Labute approximate surface area is 232 Å². The lowest BCUT2D eigenvalue weighted by atomic mass is 9.81. The molecule has 7 nitrogen and oxygen atoms in total. The third-order valence-corrected chi connectivity index (χ3v) is 8.54. The number of carboxylic acids is 1. The first kappa shape index (κ1) is 28.6. The fraction of sp³-hybridized carbons (Fsp3) is 0.333. The van der Waals surface area contributed by atoms with Crippen LogP contribution in [0.2, 0.25) is 0 Å². The molecule has 3 aromatic rings. The number of aromatic hydroxyl groups is 1. The van der Waals surface area contributed by atoms with Gasteiger partial charge in [0.25, 0.3) is 0 Å². The lowest BCUT2D eigenvalue weighted by molar-refractivity contribution is -0.149. The van der Waals surface area contributed by atoms with E-state index in [4.69, 9.17) is 0 Å². The molecule has 0 unspecified atom stereocenters. The highest BCUT2D eigenvalue weighted by Gasteiger charge is 2.39. The maximum atomic E-state index is 14.0. The third-order valence-electron chi connectivity index (χ3n) is 7.37. The van der Waals surface area contributed by atoms with Crippen LogP contribution in [0, 0.1) is 5.41 Å². The summed E-state index contributed by atoms with van der Waals surface area (Å²) in [4.78, 5) is 17.8. The van der Waals surface area contributed by atoms with Crippen LogP contribution in [-0.4, -0.2) is 40.5 Å². The molecule has 0 amide bonds. The van der Waals surface area contributed by atoms with E-state index in [-0.39, 0.29) is 16.5 Å². The first-order valence-corrected chi connectivity index (χ1v) is 13.2. The van der Waals surface area contributed by atoms with E-state index in [0.29, 0.717) is 53.3 Å². The van der Waals surface area contributed by atoms with E-state index in [0.717, 1.165) is 17.4 Å². The number of halogens is 6. The van der Waals surface area contributed by atoms with Crippen LogP contribution in [0.3, 0.4) is 0 Å². The monoisotopic (exact) mass is 596 g/mol. The fourth-order valence-corrected chi connectivity index (χ4v) is 5.88. The number of hydrogen-bond acceptors (Lipinski definition) is 7. The van der Waals surface area contributed by atoms with Crippen molar-refractivity contribution in [3.05, 3.63) is 74.1 Å². The molecular weight excluding hydrogens is 574 g/mol. The van der Waals surface area contributed by atoms with E-state index in [1.54, 1.807) is 30.0 Å². The van der Waals surface area contributed by atoms with Crippen LogP contribution in [0.25, 0.3) is 5.57 Å². The van der Waals surface area contributed by atoms with Gasteiger partial charge in [0.1, 0.15) is 0 Å². The van der Waals surface area contributed by atoms with Crippen molar-refractivity contribution in [3.8, 4) is 5.88 Å². The second-order valence-corrected chi connectivity index (χ2v) is 11.1. The standard InChI is InChI=1S/C27H22F6N4O3S/c1-25(23(39)40)6-8-37(9-7-25)24-35-22(38)21(41-24)18(14-3-5-20-16(10-14)13-34-36-20)11-15-2-4-17(26(28,29)30)12-19(15)27(31,32)33/h2-5,10,12-13,38H,6-9,11H2,1H3,(H,39,40). The lowest BCUT2D eigenvalue weighted by Crippen LogP contribution is -2.42. The van der Waals surface area contributed by atoms with Crippen molar-refractivity contribution in [2.24, 2.45) is 15.6 Å². The number of piperidine rings is 1. The van der Waals surface area contributed by atoms with Gasteiger partial charge in [0, 0.05) is 25.1 Å². The number of alkyl halides is 6. The van der Waals surface area contributed by atoms with Crippen molar-refractivity contribution < 1.29 is 41.4 Å². The van der Waals surface area contributed by atoms with Crippen LogP contribution < -0.4 is 15.5 Å². The number of carboxylic acid groups (broad SMARTS) is 1. The van der Waals surface area contributed by atoms with E-state index >= 15 is 0 Å². The second kappa shape index (κ2) is 10.2. The molecule has 2 aliphatic heterocycles.